The van der Waals surface area contributed by atoms with Crippen molar-refractivity contribution in [2.45, 2.75) is 44.1 Å². The van der Waals surface area contributed by atoms with Gasteiger partial charge in [0.25, 0.3) is 0 Å². The Morgan fingerprint density at radius 1 is 1.46 bits per heavy atom. The summed E-state index contributed by atoms with van der Waals surface area (Å²) in [4.78, 5) is 11.4. The monoisotopic (exact) mass is 183 g/mol. The molecule has 0 saturated heterocycles. The fourth-order valence-corrected chi connectivity index (χ4v) is 1.78. The van der Waals surface area contributed by atoms with E-state index in [1.165, 1.54) is 19.3 Å². The van der Waals surface area contributed by atoms with Crippen molar-refractivity contribution >= 4 is 5.91 Å². The van der Waals surface area contributed by atoms with E-state index in [4.69, 9.17) is 5.11 Å². The molecule has 0 radical (unpaired) electrons. The van der Waals surface area contributed by atoms with Crippen LogP contribution in [0, 0.1) is 5.92 Å². The third-order valence-electron chi connectivity index (χ3n) is 3.26. The minimum absolute atomic E-state index is 0.101. The van der Waals surface area contributed by atoms with Crippen LogP contribution in [0.25, 0.3) is 0 Å². The van der Waals surface area contributed by atoms with E-state index in [0.29, 0.717) is 12.3 Å². The molecule has 2 saturated carbocycles. The van der Waals surface area contributed by atoms with Crippen LogP contribution in [0.2, 0.25) is 0 Å². The first-order valence-electron chi connectivity index (χ1n) is 5.16. The quantitative estimate of drug-likeness (QED) is 0.678. The van der Waals surface area contributed by atoms with Crippen molar-refractivity contribution in [3.05, 3.63) is 0 Å². The van der Waals surface area contributed by atoms with Gasteiger partial charge in [-0.2, -0.15) is 0 Å². The number of hydrogen-bond acceptors (Lipinski definition) is 2. The summed E-state index contributed by atoms with van der Waals surface area (Å²) in [5, 5.41) is 11.9. The normalized spacial score (nSPS) is 25.0. The van der Waals surface area contributed by atoms with Gasteiger partial charge in [0.15, 0.2) is 0 Å². The van der Waals surface area contributed by atoms with E-state index in [9.17, 15) is 4.79 Å². The molecule has 2 rings (SSSR count). The van der Waals surface area contributed by atoms with Crippen molar-refractivity contribution in [1.82, 2.24) is 5.32 Å². The molecular formula is C10H17NO2. The van der Waals surface area contributed by atoms with Gasteiger partial charge in [0.2, 0.25) is 5.91 Å². The number of carbonyl (C=O) groups is 1. The van der Waals surface area contributed by atoms with Gasteiger partial charge in [0, 0.05) is 6.42 Å². The molecule has 74 valence electrons. The minimum Gasteiger partial charge on any atom is -0.394 e. The van der Waals surface area contributed by atoms with E-state index < -0.39 is 0 Å². The van der Waals surface area contributed by atoms with E-state index in [2.05, 4.69) is 5.32 Å². The lowest BCUT2D eigenvalue weighted by atomic mass is 9.83. The van der Waals surface area contributed by atoms with Crippen molar-refractivity contribution in [2.75, 3.05) is 6.61 Å². The molecule has 2 aliphatic rings. The van der Waals surface area contributed by atoms with Crippen molar-refractivity contribution in [3.63, 3.8) is 0 Å². The molecule has 0 aromatic heterocycles. The molecule has 3 nitrogen and oxygen atoms in total. The fourth-order valence-electron chi connectivity index (χ4n) is 1.78. The predicted molar refractivity (Wildman–Crippen MR) is 49.2 cm³/mol. The molecule has 2 N–H and O–H groups in total. The molecule has 0 bridgehead atoms. The van der Waals surface area contributed by atoms with Gasteiger partial charge >= 0.3 is 0 Å². The molecule has 0 unspecified atom stereocenters. The second-order valence-corrected chi connectivity index (χ2v) is 4.49. The molecule has 3 heteroatoms. The van der Waals surface area contributed by atoms with Crippen LogP contribution in [-0.4, -0.2) is 23.2 Å². The van der Waals surface area contributed by atoms with Crippen molar-refractivity contribution in [2.24, 2.45) is 5.92 Å². The molecule has 0 spiro atoms. The summed E-state index contributed by atoms with van der Waals surface area (Å²) in [7, 11) is 0. The lowest BCUT2D eigenvalue weighted by Gasteiger charge is -2.25. The number of rotatable bonds is 4. The maximum atomic E-state index is 11.4. The van der Waals surface area contributed by atoms with E-state index >= 15 is 0 Å². The molecule has 0 atom stereocenters. The second-order valence-electron chi connectivity index (χ2n) is 4.49. The van der Waals surface area contributed by atoms with Gasteiger partial charge in [-0.3, -0.25) is 4.79 Å². The van der Waals surface area contributed by atoms with E-state index in [1.807, 2.05) is 0 Å². The summed E-state index contributed by atoms with van der Waals surface area (Å²) in [5.41, 5.74) is -0.221. The maximum Gasteiger partial charge on any atom is 0.220 e. The number of amides is 1. The van der Waals surface area contributed by atoms with Crippen molar-refractivity contribution in [1.29, 1.82) is 0 Å². The summed E-state index contributed by atoms with van der Waals surface area (Å²) in [6, 6.07) is 0. The van der Waals surface area contributed by atoms with E-state index in [1.54, 1.807) is 0 Å². The highest BCUT2D eigenvalue weighted by Crippen LogP contribution is 2.35. The average Bonchev–Trinajstić information content (AvgIpc) is 2.78. The average molecular weight is 183 g/mol. The lowest BCUT2D eigenvalue weighted by molar-refractivity contribution is -0.123. The highest BCUT2D eigenvalue weighted by molar-refractivity contribution is 5.77. The third kappa shape index (κ3) is 2.02. The van der Waals surface area contributed by atoms with Crippen LogP contribution in [0.4, 0.5) is 0 Å². The molecule has 0 aromatic carbocycles. The van der Waals surface area contributed by atoms with Crippen LogP contribution < -0.4 is 5.32 Å². The highest BCUT2D eigenvalue weighted by Gasteiger charge is 2.43. The van der Waals surface area contributed by atoms with Crippen molar-refractivity contribution in [3.8, 4) is 0 Å². The SMILES string of the molecule is O=C(CC1CCC1)NC1(CO)CC1. The first kappa shape index (κ1) is 9.00. The number of carbonyl (C=O) groups excluding carboxylic acids is 1. The van der Waals surface area contributed by atoms with Gasteiger partial charge in [-0.1, -0.05) is 6.42 Å². The number of aliphatic hydroxyl groups is 1. The Morgan fingerprint density at radius 2 is 2.15 bits per heavy atom. The van der Waals surface area contributed by atoms with Crippen molar-refractivity contribution < 1.29 is 9.90 Å². The molecule has 2 fully saturated rings. The highest BCUT2D eigenvalue weighted by atomic mass is 16.3. The van der Waals surface area contributed by atoms with Crippen LogP contribution in [0.15, 0.2) is 0 Å². The Balaban J connectivity index is 1.71. The van der Waals surface area contributed by atoms with E-state index in [-0.39, 0.29) is 18.1 Å². The first-order valence-corrected chi connectivity index (χ1v) is 5.16. The minimum atomic E-state index is -0.221. The lowest BCUT2D eigenvalue weighted by Crippen LogP contribution is -2.40. The topological polar surface area (TPSA) is 49.3 Å². The van der Waals surface area contributed by atoms with Gasteiger partial charge in [0.1, 0.15) is 0 Å². The molecule has 0 aliphatic heterocycles. The summed E-state index contributed by atoms with van der Waals surface area (Å²) < 4.78 is 0. The van der Waals surface area contributed by atoms with Gasteiger partial charge in [-0.05, 0) is 31.6 Å². The molecule has 2 aliphatic carbocycles. The molecule has 13 heavy (non-hydrogen) atoms. The Kier molecular flexibility index (Phi) is 2.28. The van der Waals surface area contributed by atoms with E-state index in [0.717, 1.165) is 12.8 Å². The van der Waals surface area contributed by atoms with Crippen LogP contribution in [0.3, 0.4) is 0 Å². The molecule has 0 heterocycles. The summed E-state index contributed by atoms with van der Waals surface area (Å²) >= 11 is 0. The maximum absolute atomic E-state index is 11.4. The second kappa shape index (κ2) is 3.29. The Morgan fingerprint density at radius 3 is 2.54 bits per heavy atom. The number of aliphatic hydroxyl groups excluding tert-OH is 1. The zero-order valence-corrected chi connectivity index (χ0v) is 7.88. The zero-order chi connectivity index (χ0) is 9.31. The molecule has 0 aromatic rings. The zero-order valence-electron chi connectivity index (χ0n) is 7.88. The predicted octanol–water partition coefficient (Wildman–Crippen LogP) is 0.818. The Labute approximate surface area is 78.5 Å². The Bertz CT molecular complexity index is 207. The van der Waals surface area contributed by atoms with Gasteiger partial charge in [-0.15, -0.1) is 0 Å². The van der Waals surface area contributed by atoms with Gasteiger partial charge < -0.3 is 10.4 Å². The van der Waals surface area contributed by atoms with Crippen LogP contribution >= 0.6 is 0 Å². The molecule has 1 amide bonds. The smallest absolute Gasteiger partial charge is 0.220 e. The summed E-state index contributed by atoms with van der Waals surface area (Å²) in [5.74, 6) is 0.755. The summed E-state index contributed by atoms with van der Waals surface area (Å²) in [6.45, 7) is 0.101. The summed E-state index contributed by atoms with van der Waals surface area (Å²) in [6.07, 6.45) is 6.25. The van der Waals surface area contributed by atoms with Crippen LogP contribution in [0.1, 0.15) is 38.5 Å². The molecular weight excluding hydrogens is 166 g/mol. The Hall–Kier alpha value is -0.570. The fraction of sp³-hybridized carbons (Fsp3) is 0.900. The van der Waals surface area contributed by atoms with Gasteiger partial charge in [0.05, 0.1) is 12.1 Å². The van der Waals surface area contributed by atoms with Crippen LogP contribution in [0.5, 0.6) is 0 Å². The first-order chi connectivity index (χ1) is 6.24. The third-order valence-corrected chi connectivity index (χ3v) is 3.26. The van der Waals surface area contributed by atoms with Gasteiger partial charge in [-0.25, -0.2) is 0 Å². The van der Waals surface area contributed by atoms with Crippen LogP contribution in [-0.2, 0) is 4.79 Å². The largest absolute Gasteiger partial charge is 0.394 e. The standard InChI is InChI=1S/C10H17NO2/c12-7-10(4-5-10)11-9(13)6-8-2-1-3-8/h8,12H,1-7H2,(H,11,13). The number of nitrogens with one attached hydrogen (secondary N) is 1. The number of hydrogen-bond donors (Lipinski definition) is 2.